The predicted molar refractivity (Wildman–Crippen MR) is 68.8 cm³/mol. The molecule has 100 valence electrons. The molecule has 0 aliphatic heterocycles. The van der Waals surface area contributed by atoms with E-state index < -0.39 is 5.97 Å². The van der Waals surface area contributed by atoms with E-state index in [-0.39, 0.29) is 5.69 Å². The molecule has 19 heavy (non-hydrogen) atoms. The van der Waals surface area contributed by atoms with Gasteiger partial charge in [-0.2, -0.15) is 0 Å². The lowest BCUT2D eigenvalue weighted by Crippen LogP contribution is -2.10. The first-order chi connectivity index (χ1) is 9.29. The molecule has 2 aromatic heterocycles. The van der Waals surface area contributed by atoms with Gasteiger partial charge in [0.05, 0.1) is 19.5 Å². The summed E-state index contributed by atoms with van der Waals surface area (Å²) in [6.45, 7) is 0.722. The molecule has 2 heterocycles. The van der Waals surface area contributed by atoms with Crippen molar-refractivity contribution in [1.29, 1.82) is 0 Å². The molecule has 0 amide bonds. The number of anilines is 1. The van der Waals surface area contributed by atoms with Gasteiger partial charge in [0.2, 0.25) is 0 Å². The number of methoxy groups -OCH3 is 1. The summed E-state index contributed by atoms with van der Waals surface area (Å²) >= 11 is 0. The van der Waals surface area contributed by atoms with Crippen LogP contribution in [0, 0.1) is 0 Å². The SMILES string of the molecule is COC(=O)c1cncc(NCCCc2ncc[nH]2)n1. The van der Waals surface area contributed by atoms with Gasteiger partial charge in [0, 0.05) is 25.4 Å². The van der Waals surface area contributed by atoms with Crippen LogP contribution in [0.15, 0.2) is 24.8 Å². The third-order valence-corrected chi connectivity index (χ3v) is 2.48. The van der Waals surface area contributed by atoms with Crippen molar-refractivity contribution in [3.8, 4) is 0 Å². The van der Waals surface area contributed by atoms with E-state index in [0.29, 0.717) is 5.82 Å². The third kappa shape index (κ3) is 3.77. The van der Waals surface area contributed by atoms with Crippen LogP contribution < -0.4 is 5.32 Å². The summed E-state index contributed by atoms with van der Waals surface area (Å²) in [4.78, 5) is 26.5. The van der Waals surface area contributed by atoms with Crippen LogP contribution in [0.25, 0.3) is 0 Å². The molecule has 0 radical (unpaired) electrons. The number of imidazole rings is 1. The number of carbonyl (C=O) groups is 1. The Balaban J connectivity index is 1.81. The summed E-state index contributed by atoms with van der Waals surface area (Å²) in [7, 11) is 1.31. The van der Waals surface area contributed by atoms with Crippen LogP contribution in [0.2, 0.25) is 0 Å². The van der Waals surface area contributed by atoms with Crippen LogP contribution in [-0.4, -0.2) is 39.6 Å². The van der Waals surface area contributed by atoms with E-state index in [0.717, 1.165) is 25.2 Å². The zero-order valence-corrected chi connectivity index (χ0v) is 10.6. The zero-order valence-electron chi connectivity index (χ0n) is 10.6. The highest BCUT2D eigenvalue weighted by Crippen LogP contribution is 2.04. The van der Waals surface area contributed by atoms with Crippen LogP contribution in [0.5, 0.6) is 0 Å². The maximum absolute atomic E-state index is 11.3. The summed E-state index contributed by atoms with van der Waals surface area (Å²) in [6, 6.07) is 0. The lowest BCUT2D eigenvalue weighted by Gasteiger charge is -2.05. The van der Waals surface area contributed by atoms with Crippen molar-refractivity contribution in [2.75, 3.05) is 19.0 Å². The molecule has 7 heteroatoms. The second-order valence-electron chi connectivity index (χ2n) is 3.85. The number of hydrogen-bond acceptors (Lipinski definition) is 6. The Hall–Kier alpha value is -2.44. The first-order valence-electron chi connectivity index (χ1n) is 5.92. The van der Waals surface area contributed by atoms with Crippen LogP contribution >= 0.6 is 0 Å². The van der Waals surface area contributed by atoms with Crippen molar-refractivity contribution >= 4 is 11.8 Å². The Kier molecular flexibility index (Phi) is 4.44. The van der Waals surface area contributed by atoms with Gasteiger partial charge in [-0.15, -0.1) is 0 Å². The molecular formula is C12H15N5O2. The summed E-state index contributed by atoms with van der Waals surface area (Å²) in [5.74, 6) is 1.02. The van der Waals surface area contributed by atoms with E-state index in [9.17, 15) is 4.79 Å². The van der Waals surface area contributed by atoms with Gasteiger partial charge in [-0.1, -0.05) is 0 Å². The van der Waals surface area contributed by atoms with E-state index in [4.69, 9.17) is 0 Å². The Morgan fingerprint density at radius 2 is 2.37 bits per heavy atom. The van der Waals surface area contributed by atoms with Gasteiger partial charge in [0.25, 0.3) is 0 Å². The molecule has 0 atom stereocenters. The quantitative estimate of drug-likeness (QED) is 0.596. The number of aromatic amines is 1. The van der Waals surface area contributed by atoms with E-state index >= 15 is 0 Å². The fourth-order valence-electron chi connectivity index (χ4n) is 1.56. The maximum Gasteiger partial charge on any atom is 0.358 e. The normalized spacial score (nSPS) is 10.2. The fourth-order valence-corrected chi connectivity index (χ4v) is 1.56. The van der Waals surface area contributed by atoms with Crippen molar-refractivity contribution in [3.63, 3.8) is 0 Å². The van der Waals surface area contributed by atoms with Crippen LogP contribution in [0.1, 0.15) is 22.7 Å². The molecule has 0 aromatic carbocycles. The average molecular weight is 261 g/mol. The molecule has 0 spiro atoms. The molecule has 0 aliphatic carbocycles. The van der Waals surface area contributed by atoms with Gasteiger partial charge in [-0.3, -0.25) is 4.98 Å². The van der Waals surface area contributed by atoms with Crippen molar-refractivity contribution in [3.05, 3.63) is 36.3 Å². The number of nitrogens with zero attached hydrogens (tertiary/aromatic N) is 3. The molecule has 0 aliphatic rings. The number of esters is 1. The van der Waals surface area contributed by atoms with Crippen LogP contribution in [0.4, 0.5) is 5.82 Å². The molecule has 2 N–H and O–H groups in total. The van der Waals surface area contributed by atoms with Gasteiger partial charge in [0.1, 0.15) is 11.6 Å². The predicted octanol–water partition coefficient (Wildman–Crippen LogP) is 1.03. The first kappa shape index (κ1) is 13.0. The second-order valence-corrected chi connectivity index (χ2v) is 3.85. The molecule has 0 fully saturated rings. The summed E-state index contributed by atoms with van der Waals surface area (Å²) in [5, 5.41) is 3.10. The number of carbonyl (C=O) groups excluding carboxylic acids is 1. The van der Waals surface area contributed by atoms with E-state index in [1.54, 1.807) is 18.6 Å². The number of hydrogen-bond donors (Lipinski definition) is 2. The van der Waals surface area contributed by atoms with Gasteiger partial charge < -0.3 is 15.0 Å². The lowest BCUT2D eigenvalue weighted by atomic mass is 10.3. The molecule has 0 bridgehead atoms. The molecule has 2 rings (SSSR count). The molecule has 2 aromatic rings. The van der Waals surface area contributed by atoms with Gasteiger partial charge in [0.15, 0.2) is 5.69 Å². The van der Waals surface area contributed by atoms with Crippen LogP contribution in [-0.2, 0) is 11.2 Å². The molecule has 0 saturated heterocycles. The number of ether oxygens (including phenoxy) is 1. The standard InChI is InChI=1S/C12H15N5O2/c1-19-12(18)9-7-13-8-11(17-9)14-4-2-3-10-15-5-6-16-10/h5-8H,2-4H2,1H3,(H,14,17)(H,15,16). The molecule has 7 nitrogen and oxygen atoms in total. The topological polar surface area (TPSA) is 92.8 Å². The van der Waals surface area contributed by atoms with Gasteiger partial charge in [-0.25, -0.2) is 14.8 Å². The van der Waals surface area contributed by atoms with Crippen LogP contribution in [0.3, 0.4) is 0 Å². The first-order valence-corrected chi connectivity index (χ1v) is 5.92. The van der Waals surface area contributed by atoms with Gasteiger partial charge >= 0.3 is 5.97 Å². The highest BCUT2D eigenvalue weighted by molar-refractivity contribution is 5.87. The smallest absolute Gasteiger partial charge is 0.358 e. The maximum atomic E-state index is 11.3. The monoisotopic (exact) mass is 261 g/mol. The fraction of sp³-hybridized carbons (Fsp3) is 0.333. The number of nitrogens with one attached hydrogen (secondary N) is 2. The minimum atomic E-state index is -0.494. The molecule has 0 unspecified atom stereocenters. The second kappa shape index (κ2) is 6.48. The Bertz CT molecular complexity index is 527. The van der Waals surface area contributed by atoms with Crippen molar-refractivity contribution in [2.24, 2.45) is 0 Å². The zero-order chi connectivity index (χ0) is 13.5. The van der Waals surface area contributed by atoms with E-state index in [1.165, 1.54) is 13.3 Å². The Labute approximate surface area is 110 Å². The minimum absolute atomic E-state index is 0.193. The summed E-state index contributed by atoms with van der Waals surface area (Å²) in [6.07, 6.45) is 8.23. The van der Waals surface area contributed by atoms with Crippen molar-refractivity contribution in [1.82, 2.24) is 19.9 Å². The summed E-state index contributed by atoms with van der Waals surface area (Å²) < 4.78 is 4.58. The number of aromatic nitrogens is 4. The minimum Gasteiger partial charge on any atom is -0.464 e. The number of rotatable bonds is 6. The lowest BCUT2D eigenvalue weighted by molar-refractivity contribution is 0.0593. The summed E-state index contributed by atoms with van der Waals surface area (Å²) in [5.41, 5.74) is 0.193. The Morgan fingerprint density at radius 3 is 3.11 bits per heavy atom. The average Bonchev–Trinajstić information content (AvgIpc) is 2.96. The van der Waals surface area contributed by atoms with E-state index in [2.05, 4.69) is 30.0 Å². The van der Waals surface area contributed by atoms with Crippen molar-refractivity contribution < 1.29 is 9.53 Å². The number of aryl methyl sites for hydroxylation is 1. The number of H-pyrrole nitrogens is 1. The van der Waals surface area contributed by atoms with Crippen molar-refractivity contribution in [2.45, 2.75) is 12.8 Å². The highest BCUT2D eigenvalue weighted by atomic mass is 16.5. The van der Waals surface area contributed by atoms with Gasteiger partial charge in [-0.05, 0) is 6.42 Å². The van der Waals surface area contributed by atoms with E-state index in [1.807, 2.05) is 0 Å². The molecule has 0 saturated carbocycles. The molecular weight excluding hydrogens is 246 g/mol. The highest BCUT2D eigenvalue weighted by Gasteiger charge is 2.08. The Morgan fingerprint density at radius 1 is 1.47 bits per heavy atom. The largest absolute Gasteiger partial charge is 0.464 e. The third-order valence-electron chi connectivity index (χ3n) is 2.48.